The van der Waals surface area contributed by atoms with Gasteiger partial charge < -0.3 is 0 Å². The van der Waals surface area contributed by atoms with Gasteiger partial charge in [-0.2, -0.15) is 0 Å². The molecule has 4 heteroatoms. The monoisotopic (exact) mass is 187 g/mol. The number of aryl methyl sites for hydroxylation is 1. The van der Waals surface area contributed by atoms with Crippen LogP contribution in [0.15, 0.2) is 12.1 Å². The highest BCUT2D eigenvalue weighted by atomic mass is 35.5. The molecule has 0 heterocycles. The third-order valence-electron chi connectivity index (χ3n) is 1.32. The predicted octanol–water partition coefficient (Wildman–Crippen LogP) is 3.79. The van der Waals surface area contributed by atoms with Crippen LogP contribution in [0.5, 0.6) is 0 Å². The predicted molar refractivity (Wildman–Crippen MR) is 45.9 cm³/mol. The van der Waals surface area contributed by atoms with Crippen LogP contribution in [0, 0.1) is 12.3 Å². The fraction of sp³-hybridized carbons (Fsp3) is 0.143. The Morgan fingerprint density at radius 3 is 2.45 bits per heavy atom. The van der Waals surface area contributed by atoms with Gasteiger partial charge in [0.15, 0.2) is 4.98 Å². The largest absolute Gasteiger partial charge is 0.406 e. The van der Waals surface area contributed by atoms with E-state index in [9.17, 15) is 0 Å². The van der Waals surface area contributed by atoms with Gasteiger partial charge in [-0.1, -0.05) is 23.2 Å². The Hall–Kier alpha value is -0.780. The number of nitrogens with zero attached hydrogens (tertiary/aromatic N) is 2. The van der Waals surface area contributed by atoms with Crippen LogP contribution in [0.2, 0.25) is 10.0 Å². The van der Waals surface area contributed by atoms with E-state index in [4.69, 9.17) is 28.6 Å². The number of diazo groups is 1. The molecule has 0 bridgehead atoms. The second-order valence-corrected chi connectivity index (χ2v) is 3.00. The van der Waals surface area contributed by atoms with Gasteiger partial charge in [0.05, 0.1) is 0 Å². The molecule has 0 saturated heterocycles. The summed E-state index contributed by atoms with van der Waals surface area (Å²) >= 11 is 11.4. The first-order chi connectivity index (χ1) is 5.15. The van der Waals surface area contributed by atoms with Gasteiger partial charge in [-0.05, 0) is 19.1 Å². The van der Waals surface area contributed by atoms with Gasteiger partial charge >= 0.3 is 5.69 Å². The molecule has 0 spiro atoms. The van der Waals surface area contributed by atoms with Crippen molar-refractivity contribution < 1.29 is 0 Å². The standard InChI is InChI=1S/C7H5Cl2N2/c1-4-2-5(8)3-6(9)7(4)11-10/h2-3H,1H3/q+1. The Morgan fingerprint density at radius 2 is 2.00 bits per heavy atom. The van der Waals surface area contributed by atoms with Crippen molar-refractivity contribution in [3.8, 4) is 0 Å². The van der Waals surface area contributed by atoms with Crippen molar-refractivity contribution in [3.63, 3.8) is 0 Å². The SMILES string of the molecule is Cc1cc(Cl)cc(Cl)c1[N+]#N. The lowest BCUT2D eigenvalue weighted by Gasteiger charge is -1.91. The van der Waals surface area contributed by atoms with E-state index >= 15 is 0 Å². The van der Waals surface area contributed by atoms with Crippen molar-refractivity contribution in [2.45, 2.75) is 6.92 Å². The van der Waals surface area contributed by atoms with Crippen LogP contribution >= 0.6 is 23.2 Å². The highest BCUT2D eigenvalue weighted by molar-refractivity contribution is 6.36. The Kier molecular flexibility index (Phi) is 2.33. The van der Waals surface area contributed by atoms with Crippen LogP contribution in [-0.2, 0) is 0 Å². The summed E-state index contributed by atoms with van der Waals surface area (Å²) in [4.78, 5) is 3.02. The molecule has 2 nitrogen and oxygen atoms in total. The molecule has 0 unspecified atom stereocenters. The van der Waals surface area contributed by atoms with E-state index in [2.05, 4.69) is 4.98 Å². The fourth-order valence-electron chi connectivity index (χ4n) is 0.821. The molecule has 0 radical (unpaired) electrons. The second kappa shape index (κ2) is 3.08. The average Bonchev–Trinajstić information content (AvgIpc) is 1.85. The highest BCUT2D eigenvalue weighted by Crippen LogP contribution is 2.31. The second-order valence-electron chi connectivity index (χ2n) is 2.15. The number of hydrogen-bond acceptors (Lipinski definition) is 1. The topological polar surface area (TPSA) is 28.1 Å². The third-order valence-corrected chi connectivity index (χ3v) is 1.83. The minimum absolute atomic E-state index is 0.359. The minimum atomic E-state index is 0.359. The Morgan fingerprint density at radius 1 is 1.36 bits per heavy atom. The van der Waals surface area contributed by atoms with Gasteiger partial charge in [-0.15, -0.1) is 0 Å². The third kappa shape index (κ3) is 1.62. The summed E-state index contributed by atoms with van der Waals surface area (Å²) < 4.78 is 0. The molecule has 0 amide bonds. The minimum Gasteiger partial charge on any atom is -0.0843 e. The summed E-state index contributed by atoms with van der Waals surface area (Å²) in [6.45, 7) is 1.77. The maximum atomic E-state index is 8.49. The molecule has 0 aliphatic rings. The summed E-state index contributed by atoms with van der Waals surface area (Å²) in [5, 5.41) is 9.39. The van der Waals surface area contributed by atoms with Crippen LogP contribution in [-0.4, -0.2) is 0 Å². The molecular weight excluding hydrogens is 183 g/mol. The van der Waals surface area contributed by atoms with Gasteiger partial charge in [-0.3, -0.25) is 0 Å². The molecular formula is C7H5Cl2N2+. The zero-order chi connectivity index (χ0) is 8.43. The van der Waals surface area contributed by atoms with Crippen LogP contribution in [0.1, 0.15) is 5.56 Å². The molecule has 11 heavy (non-hydrogen) atoms. The normalized spacial score (nSPS) is 9.27. The van der Waals surface area contributed by atoms with Crippen LogP contribution in [0.4, 0.5) is 5.69 Å². The smallest absolute Gasteiger partial charge is 0.0843 e. The number of hydrogen-bond donors (Lipinski definition) is 0. The molecule has 0 aromatic heterocycles. The Bertz CT molecular complexity index is 305. The molecule has 0 fully saturated rings. The number of benzene rings is 1. The lowest BCUT2D eigenvalue weighted by Crippen LogP contribution is -1.74. The van der Waals surface area contributed by atoms with Crippen LogP contribution in [0.25, 0.3) is 4.98 Å². The zero-order valence-electron chi connectivity index (χ0n) is 5.81. The first-order valence-corrected chi connectivity index (χ1v) is 3.71. The van der Waals surface area contributed by atoms with Gasteiger partial charge in [-0.25, -0.2) is 0 Å². The highest BCUT2D eigenvalue weighted by Gasteiger charge is 2.16. The van der Waals surface area contributed by atoms with Gasteiger partial charge in [0.1, 0.15) is 5.02 Å². The van der Waals surface area contributed by atoms with Crippen molar-refractivity contribution in [2.24, 2.45) is 0 Å². The fourth-order valence-corrected chi connectivity index (χ4v) is 1.45. The summed E-state index contributed by atoms with van der Waals surface area (Å²) in [5.74, 6) is 0. The summed E-state index contributed by atoms with van der Waals surface area (Å²) in [5.41, 5.74) is 1.13. The number of halogens is 2. The summed E-state index contributed by atoms with van der Waals surface area (Å²) in [6, 6.07) is 3.22. The van der Waals surface area contributed by atoms with E-state index in [1.807, 2.05) is 0 Å². The van der Waals surface area contributed by atoms with Crippen molar-refractivity contribution in [1.29, 1.82) is 5.39 Å². The van der Waals surface area contributed by atoms with E-state index in [-0.39, 0.29) is 0 Å². The molecule has 1 aromatic rings. The zero-order valence-corrected chi connectivity index (χ0v) is 7.32. The van der Waals surface area contributed by atoms with Crippen molar-refractivity contribution in [3.05, 3.63) is 32.7 Å². The molecule has 0 aliphatic carbocycles. The van der Waals surface area contributed by atoms with Gasteiger partial charge in [0.2, 0.25) is 5.39 Å². The average molecular weight is 188 g/mol. The molecule has 56 valence electrons. The Labute approximate surface area is 74.4 Å². The first kappa shape index (κ1) is 8.32. The molecule has 0 N–H and O–H groups in total. The van der Waals surface area contributed by atoms with E-state index < -0.39 is 0 Å². The number of rotatable bonds is 0. The molecule has 0 aliphatic heterocycles. The van der Waals surface area contributed by atoms with Crippen LogP contribution < -0.4 is 0 Å². The van der Waals surface area contributed by atoms with E-state index in [1.165, 1.54) is 6.07 Å². The van der Waals surface area contributed by atoms with Crippen molar-refractivity contribution in [1.82, 2.24) is 0 Å². The molecule has 1 aromatic carbocycles. The molecule has 0 atom stereocenters. The molecule has 0 saturated carbocycles. The lowest BCUT2D eigenvalue weighted by atomic mass is 10.2. The maximum Gasteiger partial charge on any atom is 0.406 e. The lowest BCUT2D eigenvalue weighted by molar-refractivity contribution is 1.41. The van der Waals surface area contributed by atoms with Crippen LogP contribution in [0.3, 0.4) is 0 Å². The Balaban J connectivity index is 3.40. The van der Waals surface area contributed by atoms with Crippen molar-refractivity contribution >= 4 is 28.9 Å². The summed E-state index contributed by atoms with van der Waals surface area (Å²) in [6.07, 6.45) is 0. The molecule has 1 rings (SSSR count). The van der Waals surface area contributed by atoms with Gasteiger partial charge in [0, 0.05) is 10.6 Å². The summed E-state index contributed by atoms with van der Waals surface area (Å²) in [7, 11) is 0. The van der Waals surface area contributed by atoms with Crippen molar-refractivity contribution in [2.75, 3.05) is 0 Å². The van der Waals surface area contributed by atoms with E-state index in [0.29, 0.717) is 15.7 Å². The van der Waals surface area contributed by atoms with E-state index in [1.54, 1.807) is 13.0 Å². The van der Waals surface area contributed by atoms with E-state index in [0.717, 1.165) is 5.56 Å². The maximum absolute atomic E-state index is 8.49. The first-order valence-electron chi connectivity index (χ1n) is 2.96. The van der Waals surface area contributed by atoms with Gasteiger partial charge in [0.25, 0.3) is 0 Å². The quantitative estimate of drug-likeness (QED) is 0.569.